The van der Waals surface area contributed by atoms with Crippen molar-refractivity contribution in [3.8, 4) is 11.5 Å². The van der Waals surface area contributed by atoms with E-state index in [-0.39, 0.29) is 28.3 Å². The highest BCUT2D eigenvalue weighted by molar-refractivity contribution is 6.10. The minimum atomic E-state index is -0.713. The van der Waals surface area contributed by atoms with Crippen LogP contribution in [-0.2, 0) is 9.59 Å². The van der Waals surface area contributed by atoms with Crippen molar-refractivity contribution in [1.29, 1.82) is 0 Å². The van der Waals surface area contributed by atoms with Crippen LogP contribution in [0.15, 0.2) is 42.5 Å². The summed E-state index contributed by atoms with van der Waals surface area (Å²) in [7, 11) is 0. The Kier molecular flexibility index (Phi) is 5.69. The maximum absolute atomic E-state index is 12.6. The third-order valence-electron chi connectivity index (χ3n) is 3.16. The van der Waals surface area contributed by atoms with Gasteiger partial charge < -0.3 is 20.5 Å². The molecule has 134 valence electrons. The van der Waals surface area contributed by atoms with E-state index >= 15 is 0 Å². The number of para-hydroxylation sites is 2. The van der Waals surface area contributed by atoms with Crippen molar-refractivity contribution < 1.29 is 28.7 Å². The molecule has 0 fully saturated rings. The Morgan fingerprint density at radius 2 is 1.46 bits per heavy atom. The molecule has 8 heteroatoms. The van der Waals surface area contributed by atoms with Crippen LogP contribution in [0.4, 0.5) is 5.69 Å². The summed E-state index contributed by atoms with van der Waals surface area (Å²) in [5.41, 5.74) is 5.54. The summed E-state index contributed by atoms with van der Waals surface area (Å²) in [6.07, 6.45) is 0. The first-order valence-electron chi connectivity index (χ1n) is 7.49. The van der Waals surface area contributed by atoms with Crippen LogP contribution in [0.1, 0.15) is 34.6 Å². The van der Waals surface area contributed by atoms with Crippen LogP contribution in [-0.4, -0.2) is 23.8 Å². The minimum Gasteiger partial charge on any atom is -0.423 e. The molecular weight excluding hydrogens is 340 g/mol. The van der Waals surface area contributed by atoms with Gasteiger partial charge in [0.05, 0.1) is 16.8 Å². The molecule has 26 heavy (non-hydrogen) atoms. The van der Waals surface area contributed by atoms with Crippen LogP contribution in [0, 0.1) is 0 Å². The van der Waals surface area contributed by atoms with Crippen LogP contribution in [0.3, 0.4) is 0 Å². The molecular formula is C18H16N2O6. The predicted octanol–water partition coefficient (Wildman–Crippen LogP) is 1.89. The summed E-state index contributed by atoms with van der Waals surface area (Å²) in [5.74, 6) is -3.02. The van der Waals surface area contributed by atoms with Gasteiger partial charge in [-0.1, -0.05) is 18.2 Å². The fraction of sp³-hybridized carbons (Fsp3) is 0.111. The number of hydrogen-bond acceptors (Lipinski definition) is 6. The van der Waals surface area contributed by atoms with Gasteiger partial charge in [-0.3, -0.25) is 19.2 Å². The molecule has 2 aromatic rings. The molecule has 0 aliphatic carbocycles. The Balaban J connectivity index is 2.44. The van der Waals surface area contributed by atoms with E-state index in [4.69, 9.17) is 15.2 Å². The Morgan fingerprint density at radius 3 is 2.08 bits per heavy atom. The molecule has 0 aliphatic rings. The average Bonchev–Trinajstić information content (AvgIpc) is 2.55. The van der Waals surface area contributed by atoms with Crippen molar-refractivity contribution in [2.24, 2.45) is 5.73 Å². The highest BCUT2D eigenvalue weighted by Gasteiger charge is 2.21. The molecule has 2 amide bonds. The highest BCUT2D eigenvalue weighted by atomic mass is 16.6. The van der Waals surface area contributed by atoms with Crippen molar-refractivity contribution in [2.45, 2.75) is 13.8 Å². The number of carbonyl (C=O) groups excluding carboxylic acids is 4. The van der Waals surface area contributed by atoms with Gasteiger partial charge in [0.15, 0.2) is 11.5 Å². The van der Waals surface area contributed by atoms with Crippen molar-refractivity contribution in [3.05, 3.63) is 53.6 Å². The van der Waals surface area contributed by atoms with Crippen LogP contribution < -0.4 is 20.5 Å². The maximum Gasteiger partial charge on any atom is 0.308 e. The maximum atomic E-state index is 12.6. The van der Waals surface area contributed by atoms with E-state index in [0.717, 1.165) is 6.92 Å². The number of hydrogen-bond donors (Lipinski definition) is 2. The first-order chi connectivity index (χ1) is 12.3. The number of carbonyl (C=O) groups is 4. The molecule has 0 heterocycles. The third-order valence-corrected chi connectivity index (χ3v) is 3.16. The van der Waals surface area contributed by atoms with Gasteiger partial charge in [0, 0.05) is 13.8 Å². The number of nitrogens with two attached hydrogens (primary N) is 1. The Labute approximate surface area is 148 Å². The molecule has 0 atom stereocenters. The molecule has 3 N–H and O–H groups in total. The molecule has 0 spiro atoms. The SMILES string of the molecule is CC(=O)Oc1cccc(C(=O)Nc2ccccc2C(N)=O)c1OC(C)=O. The van der Waals surface area contributed by atoms with E-state index in [1.54, 1.807) is 12.1 Å². The first kappa shape index (κ1) is 18.7. The molecule has 2 aromatic carbocycles. The summed E-state index contributed by atoms with van der Waals surface area (Å²) in [6.45, 7) is 2.32. The van der Waals surface area contributed by atoms with Gasteiger partial charge in [0.1, 0.15) is 0 Å². The molecule has 0 radical (unpaired) electrons. The number of esters is 2. The second kappa shape index (κ2) is 7.93. The van der Waals surface area contributed by atoms with Crippen molar-refractivity contribution >= 4 is 29.4 Å². The lowest BCUT2D eigenvalue weighted by atomic mass is 10.1. The van der Waals surface area contributed by atoms with Gasteiger partial charge in [-0.25, -0.2) is 0 Å². The molecule has 8 nitrogen and oxygen atoms in total. The van der Waals surface area contributed by atoms with Crippen molar-refractivity contribution in [3.63, 3.8) is 0 Å². The molecule has 0 saturated carbocycles. The van der Waals surface area contributed by atoms with Crippen LogP contribution in [0.25, 0.3) is 0 Å². The minimum absolute atomic E-state index is 0.0572. The van der Waals surface area contributed by atoms with Crippen molar-refractivity contribution in [2.75, 3.05) is 5.32 Å². The highest BCUT2D eigenvalue weighted by Crippen LogP contribution is 2.32. The number of amides is 2. The fourth-order valence-corrected chi connectivity index (χ4v) is 2.18. The molecule has 0 bridgehead atoms. The molecule has 0 aliphatic heterocycles. The molecule has 2 rings (SSSR count). The number of anilines is 1. The molecule has 0 unspecified atom stereocenters. The van der Waals surface area contributed by atoms with E-state index in [2.05, 4.69) is 5.32 Å². The van der Waals surface area contributed by atoms with Gasteiger partial charge in [0.25, 0.3) is 11.8 Å². The Hall–Kier alpha value is -3.68. The summed E-state index contributed by atoms with van der Waals surface area (Å²) >= 11 is 0. The van der Waals surface area contributed by atoms with E-state index < -0.39 is 23.8 Å². The lowest BCUT2D eigenvalue weighted by Crippen LogP contribution is -2.19. The average molecular weight is 356 g/mol. The number of primary amides is 1. The second-order valence-corrected chi connectivity index (χ2v) is 5.18. The zero-order valence-electron chi connectivity index (χ0n) is 14.1. The van der Waals surface area contributed by atoms with Crippen molar-refractivity contribution in [1.82, 2.24) is 0 Å². The number of rotatable bonds is 5. The van der Waals surface area contributed by atoms with Crippen LogP contribution in [0.2, 0.25) is 0 Å². The normalized spacial score (nSPS) is 9.92. The molecule has 0 aromatic heterocycles. The van der Waals surface area contributed by atoms with Gasteiger partial charge >= 0.3 is 11.9 Å². The summed E-state index contributed by atoms with van der Waals surface area (Å²) in [5, 5.41) is 2.53. The first-order valence-corrected chi connectivity index (χ1v) is 7.49. The monoisotopic (exact) mass is 356 g/mol. The summed E-state index contributed by atoms with van der Waals surface area (Å²) in [6, 6.07) is 10.4. The zero-order valence-corrected chi connectivity index (χ0v) is 14.1. The predicted molar refractivity (Wildman–Crippen MR) is 92.0 cm³/mol. The number of nitrogens with one attached hydrogen (secondary N) is 1. The van der Waals surface area contributed by atoms with E-state index in [0.29, 0.717) is 0 Å². The van der Waals surface area contributed by atoms with E-state index in [1.807, 2.05) is 0 Å². The Bertz CT molecular complexity index is 891. The summed E-state index contributed by atoms with van der Waals surface area (Å²) in [4.78, 5) is 46.7. The lowest BCUT2D eigenvalue weighted by Gasteiger charge is -2.14. The summed E-state index contributed by atoms with van der Waals surface area (Å²) < 4.78 is 10.0. The van der Waals surface area contributed by atoms with Gasteiger partial charge in [0.2, 0.25) is 0 Å². The van der Waals surface area contributed by atoms with Crippen LogP contribution in [0.5, 0.6) is 11.5 Å². The topological polar surface area (TPSA) is 125 Å². The second-order valence-electron chi connectivity index (χ2n) is 5.18. The standard InChI is InChI=1S/C18H16N2O6/c1-10(21)25-15-9-5-7-13(16(15)26-11(2)22)18(24)20-14-8-4-3-6-12(14)17(19)23/h3-9H,1-2H3,(H2,19,23)(H,20,24). The third kappa shape index (κ3) is 4.44. The molecule has 0 saturated heterocycles. The zero-order chi connectivity index (χ0) is 19.3. The largest absolute Gasteiger partial charge is 0.423 e. The van der Waals surface area contributed by atoms with Gasteiger partial charge in [-0.15, -0.1) is 0 Å². The fourth-order valence-electron chi connectivity index (χ4n) is 2.18. The smallest absolute Gasteiger partial charge is 0.308 e. The number of ether oxygens (including phenoxy) is 2. The lowest BCUT2D eigenvalue weighted by molar-refractivity contribution is -0.134. The van der Waals surface area contributed by atoms with Crippen LogP contribution >= 0.6 is 0 Å². The van der Waals surface area contributed by atoms with Gasteiger partial charge in [-0.05, 0) is 24.3 Å². The number of benzene rings is 2. The van der Waals surface area contributed by atoms with E-state index in [9.17, 15) is 19.2 Å². The Morgan fingerprint density at radius 1 is 0.846 bits per heavy atom. The van der Waals surface area contributed by atoms with Gasteiger partial charge in [-0.2, -0.15) is 0 Å². The van der Waals surface area contributed by atoms with E-state index in [1.165, 1.54) is 37.3 Å². The quantitative estimate of drug-likeness (QED) is 0.622.